The van der Waals surface area contributed by atoms with Crippen molar-refractivity contribution in [1.29, 1.82) is 0 Å². The Morgan fingerprint density at radius 2 is 2.31 bits per heavy atom. The lowest BCUT2D eigenvalue weighted by molar-refractivity contribution is 0.367. The Morgan fingerprint density at radius 3 is 2.85 bits per heavy atom. The molecule has 0 aliphatic carbocycles. The predicted octanol–water partition coefficient (Wildman–Crippen LogP) is 2.80. The van der Waals surface area contributed by atoms with Crippen LogP contribution in [0.25, 0.3) is 0 Å². The average molecular weight is 199 g/mol. The van der Waals surface area contributed by atoms with Crippen LogP contribution < -0.4 is 4.74 Å². The van der Waals surface area contributed by atoms with Gasteiger partial charge in [0, 0.05) is 11.6 Å². The van der Waals surface area contributed by atoms with E-state index in [-0.39, 0.29) is 12.4 Å². The lowest BCUT2D eigenvalue weighted by atomic mass is 10.2. The van der Waals surface area contributed by atoms with Crippen molar-refractivity contribution in [3.05, 3.63) is 28.5 Å². The number of ether oxygens (including phenoxy) is 1. The third-order valence-corrected chi connectivity index (χ3v) is 1.97. The highest BCUT2D eigenvalue weighted by atomic mass is 35.5. The number of hydrogen-bond donors (Lipinski definition) is 0. The zero-order valence-corrected chi connectivity index (χ0v) is 7.86. The molecule has 3 heteroatoms. The molecule has 68 valence electrons. The summed E-state index contributed by atoms with van der Waals surface area (Å²) in [6.45, 7) is 1.71. The van der Waals surface area contributed by atoms with E-state index in [9.17, 15) is 4.39 Å². The summed E-state index contributed by atoms with van der Waals surface area (Å²) in [5, 5.41) is 0.340. The predicted molar refractivity (Wildman–Crippen MR) is 50.5 cm³/mol. The van der Waals surface area contributed by atoms with Crippen molar-refractivity contribution >= 4 is 11.6 Å². The second-order valence-electron chi connectivity index (χ2n) is 2.50. The van der Waals surface area contributed by atoms with Gasteiger partial charge in [0.15, 0.2) is 0 Å². The molecule has 0 fully saturated rings. The van der Waals surface area contributed by atoms with Gasteiger partial charge >= 0.3 is 0 Å². The number of hydrogen-bond acceptors (Lipinski definition) is 1. The molecular formula is C10H8ClFO. The molecule has 0 saturated carbocycles. The van der Waals surface area contributed by atoms with E-state index in [1.165, 1.54) is 12.1 Å². The Morgan fingerprint density at radius 1 is 1.62 bits per heavy atom. The van der Waals surface area contributed by atoms with Crippen LogP contribution in [0, 0.1) is 25.1 Å². The first-order valence-electron chi connectivity index (χ1n) is 3.67. The molecule has 0 unspecified atom stereocenters. The van der Waals surface area contributed by atoms with Crippen LogP contribution in [-0.2, 0) is 0 Å². The second kappa shape index (κ2) is 4.15. The Balaban J connectivity index is 2.94. The number of rotatable bonds is 2. The molecule has 1 aromatic rings. The Hall–Kier alpha value is -1.20. The molecule has 0 atom stereocenters. The van der Waals surface area contributed by atoms with Gasteiger partial charge in [-0.3, -0.25) is 0 Å². The van der Waals surface area contributed by atoms with Crippen molar-refractivity contribution in [2.24, 2.45) is 0 Å². The van der Waals surface area contributed by atoms with Crippen molar-refractivity contribution in [2.45, 2.75) is 6.92 Å². The largest absolute Gasteiger partial charge is 0.481 e. The average Bonchev–Trinajstić information content (AvgIpc) is 2.10. The van der Waals surface area contributed by atoms with E-state index in [0.717, 1.165) is 0 Å². The summed E-state index contributed by atoms with van der Waals surface area (Å²) >= 11 is 5.73. The fourth-order valence-corrected chi connectivity index (χ4v) is 1.03. The quantitative estimate of drug-likeness (QED) is 0.664. The van der Waals surface area contributed by atoms with Gasteiger partial charge in [-0.25, -0.2) is 4.39 Å². The maximum Gasteiger partial charge on any atom is 0.148 e. The van der Waals surface area contributed by atoms with E-state index in [1.54, 1.807) is 6.92 Å². The van der Waals surface area contributed by atoms with Crippen LogP contribution in [0.3, 0.4) is 0 Å². The first-order chi connectivity index (χ1) is 6.15. The first kappa shape index (κ1) is 9.88. The lowest BCUT2D eigenvalue weighted by Gasteiger charge is -2.05. The minimum absolute atomic E-state index is 0.110. The SMILES string of the molecule is C#CCOc1cc(F)c(C)c(Cl)c1. The summed E-state index contributed by atoms with van der Waals surface area (Å²) < 4.78 is 18.1. The van der Waals surface area contributed by atoms with Crippen molar-refractivity contribution in [1.82, 2.24) is 0 Å². The fourth-order valence-electron chi connectivity index (χ4n) is 0.830. The maximum absolute atomic E-state index is 13.1. The molecule has 0 radical (unpaired) electrons. The molecule has 0 spiro atoms. The summed E-state index contributed by atoms with van der Waals surface area (Å²) in [6, 6.07) is 2.80. The van der Waals surface area contributed by atoms with E-state index in [1.807, 2.05) is 0 Å². The van der Waals surface area contributed by atoms with Crippen LogP contribution in [0.4, 0.5) is 4.39 Å². The van der Waals surface area contributed by atoms with Crippen LogP contribution in [0.1, 0.15) is 5.56 Å². The topological polar surface area (TPSA) is 9.23 Å². The molecule has 1 nitrogen and oxygen atoms in total. The molecule has 13 heavy (non-hydrogen) atoms. The molecule has 0 amide bonds. The number of terminal acetylenes is 1. The highest BCUT2D eigenvalue weighted by Gasteiger charge is 2.05. The van der Waals surface area contributed by atoms with Gasteiger partial charge in [0.1, 0.15) is 18.2 Å². The molecular weight excluding hydrogens is 191 g/mol. The molecule has 0 aromatic heterocycles. The standard InChI is InChI=1S/C10H8ClFO/c1-3-4-13-8-5-9(11)7(2)10(12)6-8/h1,5-6H,4H2,2H3. The highest BCUT2D eigenvalue weighted by molar-refractivity contribution is 6.31. The molecule has 0 aliphatic rings. The van der Waals surface area contributed by atoms with Gasteiger partial charge in [-0.1, -0.05) is 17.5 Å². The van der Waals surface area contributed by atoms with Crippen LogP contribution in [0.5, 0.6) is 5.75 Å². The van der Waals surface area contributed by atoms with Gasteiger partial charge in [0.05, 0.1) is 5.02 Å². The maximum atomic E-state index is 13.1. The Bertz CT molecular complexity index is 331. The second-order valence-corrected chi connectivity index (χ2v) is 2.91. The van der Waals surface area contributed by atoms with Gasteiger partial charge in [-0.15, -0.1) is 6.42 Å². The lowest BCUT2D eigenvalue weighted by Crippen LogP contribution is -1.95. The minimum Gasteiger partial charge on any atom is -0.481 e. The Labute approximate surface area is 81.5 Å². The third-order valence-electron chi connectivity index (χ3n) is 1.58. The molecule has 0 bridgehead atoms. The van der Waals surface area contributed by atoms with Crippen LogP contribution in [-0.4, -0.2) is 6.61 Å². The summed E-state index contributed by atoms with van der Waals surface area (Å²) in [7, 11) is 0. The Kier molecular flexibility index (Phi) is 3.16. The van der Waals surface area contributed by atoms with Crippen molar-refractivity contribution < 1.29 is 9.13 Å². The van der Waals surface area contributed by atoms with E-state index < -0.39 is 0 Å². The van der Waals surface area contributed by atoms with E-state index >= 15 is 0 Å². The zero-order chi connectivity index (χ0) is 9.84. The van der Waals surface area contributed by atoms with Crippen LogP contribution >= 0.6 is 11.6 Å². The summed E-state index contributed by atoms with van der Waals surface area (Å²) in [5.41, 5.74) is 0.412. The fraction of sp³-hybridized carbons (Fsp3) is 0.200. The van der Waals surface area contributed by atoms with Gasteiger partial charge in [-0.2, -0.15) is 0 Å². The normalized spacial score (nSPS) is 9.38. The molecule has 0 saturated heterocycles. The van der Waals surface area contributed by atoms with Gasteiger partial charge in [0.2, 0.25) is 0 Å². The molecule has 1 aromatic carbocycles. The summed E-state index contributed by atoms with van der Waals surface area (Å²) in [4.78, 5) is 0. The monoisotopic (exact) mass is 198 g/mol. The number of halogens is 2. The molecule has 0 N–H and O–H groups in total. The van der Waals surface area contributed by atoms with Crippen LogP contribution in [0.2, 0.25) is 5.02 Å². The number of benzene rings is 1. The summed E-state index contributed by atoms with van der Waals surface area (Å²) in [6.07, 6.45) is 4.98. The van der Waals surface area contributed by atoms with Gasteiger partial charge in [0.25, 0.3) is 0 Å². The molecule has 1 rings (SSSR count). The minimum atomic E-state index is -0.389. The van der Waals surface area contributed by atoms with Crippen molar-refractivity contribution in [2.75, 3.05) is 6.61 Å². The van der Waals surface area contributed by atoms with E-state index in [4.69, 9.17) is 22.8 Å². The van der Waals surface area contributed by atoms with E-state index in [0.29, 0.717) is 16.3 Å². The summed E-state index contributed by atoms with van der Waals surface area (Å²) in [5.74, 6) is 2.25. The molecule has 0 heterocycles. The molecule has 0 aliphatic heterocycles. The van der Waals surface area contributed by atoms with Crippen molar-refractivity contribution in [3.8, 4) is 18.1 Å². The first-order valence-corrected chi connectivity index (χ1v) is 4.05. The zero-order valence-electron chi connectivity index (χ0n) is 7.10. The van der Waals surface area contributed by atoms with Crippen LogP contribution in [0.15, 0.2) is 12.1 Å². The highest BCUT2D eigenvalue weighted by Crippen LogP contribution is 2.24. The van der Waals surface area contributed by atoms with Gasteiger partial charge < -0.3 is 4.74 Å². The van der Waals surface area contributed by atoms with E-state index in [2.05, 4.69) is 5.92 Å². The van der Waals surface area contributed by atoms with Crippen molar-refractivity contribution in [3.63, 3.8) is 0 Å². The van der Waals surface area contributed by atoms with Gasteiger partial charge in [-0.05, 0) is 13.0 Å². The smallest absolute Gasteiger partial charge is 0.148 e. The third kappa shape index (κ3) is 2.37.